The van der Waals surface area contributed by atoms with Gasteiger partial charge in [-0.1, -0.05) is 43.0 Å². The number of hydrogen-bond acceptors (Lipinski definition) is 15. The maximum absolute atomic E-state index is 14.1. The van der Waals surface area contributed by atoms with E-state index in [1.54, 1.807) is 55.6 Å². The smallest absolute Gasteiger partial charge is 0.338 e. The van der Waals surface area contributed by atoms with Gasteiger partial charge in [0.25, 0.3) is 0 Å². The third-order valence-corrected chi connectivity index (χ3v) is 14.0. The molecule has 6 saturated carbocycles. The number of nitrogens with zero attached hydrogens (tertiary/aromatic N) is 1. The summed E-state index contributed by atoms with van der Waals surface area (Å²) in [5, 5.41) is 13.2. The lowest BCUT2D eigenvalue weighted by atomic mass is 9.36. The summed E-state index contributed by atoms with van der Waals surface area (Å²) in [7, 11) is 1.72. The summed E-state index contributed by atoms with van der Waals surface area (Å²) in [6, 6.07) is 14.2. The first-order valence-corrected chi connectivity index (χ1v) is 19.2. The molecule has 8 fully saturated rings. The molecule has 3 unspecified atom stereocenters. The average molecular weight is 800 g/mol. The lowest BCUT2D eigenvalue weighted by Crippen LogP contribution is -2.82. The van der Waals surface area contributed by atoms with E-state index in [1.165, 1.54) is 32.9 Å². The van der Waals surface area contributed by atoms with Crippen LogP contribution in [0.4, 0.5) is 0 Å². The van der Waals surface area contributed by atoms with Crippen molar-refractivity contribution >= 4 is 42.1 Å². The van der Waals surface area contributed by atoms with Crippen LogP contribution in [0.15, 0.2) is 72.8 Å². The minimum atomic E-state index is -1.79. The van der Waals surface area contributed by atoms with Gasteiger partial charge in [-0.3, -0.25) is 24.1 Å². The lowest BCUT2D eigenvalue weighted by Gasteiger charge is -2.71. The van der Waals surface area contributed by atoms with Crippen LogP contribution in [0.1, 0.15) is 55.3 Å². The zero-order chi connectivity index (χ0) is 41.8. The molecule has 6 aliphatic carbocycles. The molecule has 0 aromatic heterocycles. The summed E-state index contributed by atoms with van der Waals surface area (Å²) < 4.78 is 37.5. The van der Waals surface area contributed by atoms with E-state index < -0.39 is 131 Å². The van der Waals surface area contributed by atoms with E-state index in [4.69, 9.17) is 28.4 Å². The van der Waals surface area contributed by atoms with Crippen molar-refractivity contribution in [1.82, 2.24) is 4.90 Å². The van der Waals surface area contributed by atoms with Crippen molar-refractivity contribution in [2.75, 3.05) is 7.05 Å². The molecule has 2 aliphatic heterocycles. The van der Waals surface area contributed by atoms with Crippen LogP contribution < -0.4 is 0 Å². The first kappa shape index (κ1) is 39.4. The number of benzene rings is 2. The van der Waals surface area contributed by atoms with Crippen molar-refractivity contribution in [3.05, 3.63) is 83.9 Å². The van der Waals surface area contributed by atoms with Crippen LogP contribution in [0.2, 0.25) is 0 Å². The second kappa shape index (κ2) is 13.6. The van der Waals surface area contributed by atoms with Crippen LogP contribution in [-0.2, 0) is 52.4 Å². The van der Waals surface area contributed by atoms with Crippen molar-refractivity contribution in [2.24, 2.45) is 39.9 Å². The third-order valence-electron chi connectivity index (χ3n) is 14.0. The average Bonchev–Trinajstić information content (AvgIpc) is 3.51. The quantitative estimate of drug-likeness (QED) is 0.168. The minimum absolute atomic E-state index is 0.108. The Morgan fingerprint density at radius 3 is 1.67 bits per heavy atom. The van der Waals surface area contributed by atoms with Crippen LogP contribution in [-0.4, -0.2) is 114 Å². The normalized spacial score (nSPS) is 41.2. The van der Waals surface area contributed by atoms with Gasteiger partial charge in [0.05, 0.1) is 34.0 Å². The van der Waals surface area contributed by atoms with Gasteiger partial charge in [0, 0.05) is 62.9 Å². The van der Waals surface area contributed by atoms with Crippen molar-refractivity contribution in [2.45, 2.75) is 89.4 Å². The highest BCUT2D eigenvalue weighted by molar-refractivity contribution is 5.90. The second-order valence-electron chi connectivity index (χ2n) is 16.7. The second-order valence-corrected chi connectivity index (χ2v) is 16.7. The number of carbonyl (C=O) groups is 7. The molecule has 15 nitrogen and oxygen atoms in total. The molecule has 2 aromatic rings. The predicted molar refractivity (Wildman–Crippen MR) is 197 cm³/mol. The molecule has 306 valence electrons. The number of rotatable bonds is 9. The molecule has 2 aromatic carbocycles. The molecular weight excluding hydrogens is 754 g/mol. The summed E-state index contributed by atoms with van der Waals surface area (Å²) >= 11 is 0. The zero-order valence-corrected chi connectivity index (χ0v) is 32.8. The minimum Gasteiger partial charge on any atom is -0.461 e. The number of aliphatic hydroxyl groups is 1. The van der Waals surface area contributed by atoms with Crippen LogP contribution in [0.25, 0.3) is 0 Å². The Balaban J connectivity index is 1.44. The third kappa shape index (κ3) is 5.01. The summed E-state index contributed by atoms with van der Waals surface area (Å²) in [6.07, 6.45) is -9.41. The first-order chi connectivity index (χ1) is 27.5. The van der Waals surface area contributed by atoms with Gasteiger partial charge in [-0.25, -0.2) is 9.59 Å². The zero-order valence-electron chi connectivity index (χ0n) is 32.8. The Kier molecular flexibility index (Phi) is 9.23. The summed E-state index contributed by atoms with van der Waals surface area (Å²) in [4.78, 5) is 96.8. The lowest BCUT2D eigenvalue weighted by molar-refractivity contribution is -0.319. The van der Waals surface area contributed by atoms with Gasteiger partial charge in [0.1, 0.15) is 24.6 Å². The Morgan fingerprint density at radius 2 is 1.17 bits per heavy atom. The van der Waals surface area contributed by atoms with E-state index in [0.29, 0.717) is 6.29 Å². The number of likely N-dealkylation sites (N-methyl/N-ethyl adjacent to an activating group) is 1. The molecule has 2 spiro atoms. The molecule has 2 heterocycles. The van der Waals surface area contributed by atoms with Crippen LogP contribution in [0.3, 0.4) is 0 Å². The number of carbonyl (C=O) groups excluding carboxylic acids is 7. The molecule has 10 rings (SSSR count). The number of hydrogen-bond donors (Lipinski definition) is 1. The van der Waals surface area contributed by atoms with Crippen LogP contribution >= 0.6 is 0 Å². The number of piperidine rings is 1. The van der Waals surface area contributed by atoms with Crippen LogP contribution in [0, 0.1) is 39.9 Å². The summed E-state index contributed by atoms with van der Waals surface area (Å²) in [5.74, 6) is -8.91. The fourth-order valence-electron chi connectivity index (χ4n) is 13.0. The summed E-state index contributed by atoms with van der Waals surface area (Å²) in [5.41, 5.74) is -4.50. The standard InChI is InChI=1S/C43H45NO14/c1-19-26-29(57-39(51)24-14-10-8-11-15-24)27-34-43-32(28(44(34)7)35(50)42(27,36(19)54-21(3)47)33(43)30(26)53-20(2)46)41(6,18-45)37(55-22(4)48)31(38(43)56-23(5)49)58-40(52)25-16-12-9-13-17-25/h8-18,26-38,50H,1H2,2-7H3/t26-,27?,28+,29+,30+,31-,32+,33?,34?,35+,36-,37-,38+,41-,42+,43+/m0/s1. The molecule has 8 aliphatic rings. The van der Waals surface area contributed by atoms with E-state index >= 15 is 0 Å². The predicted octanol–water partition coefficient (Wildman–Crippen LogP) is 2.47. The SMILES string of the molecule is C=C1[C@H]2[C@@H](OC(=O)c3ccccc3)C3C4N(C)[C@H]5[C@@H](O)[C@@]3(C([C@@H]2OC(C)=O)[C@@]42[C@H](OC(C)=O)[C@@H](OC(=O)c3ccccc3)[C@H](OC(C)=O)[C@@](C)(C=O)[C@@H]52)[C@H]1OC(C)=O. The van der Waals surface area contributed by atoms with Gasteiger partial charge in [-0.2, -0.15) is 0 Å². The van der Waals surface area contributed by atoms with Gasteiger partial charge in [0.2, 0.25) is 0 Å². The molecule has 16 atom stereocenters. The van der Waals surface area contributed by atoms with Crippen LogP contribution in [0.5, 0.6) is 0 Å². The molecule has 0 radical (unpaired) electrons. The maximum Gasteiger partial charge on any atom is 0.338 e. The Labute approximate surface area is 333 Å². The summed E-state index contributed by atoms with van der Waals surface area (Å²) in [6.45, 7) is 10.6. The molecular formula is C43H45NO14. The van der Waals surface area contributed by atoms with Crippen molar-refractivity contribution in [3.8, 4) is 0 Å². The van der Waals surface area contributed by atoms with E-state index in [1.807, 2.05) is 4.90 Å². The molecule has 1 N–H and O–H groups in total. The Bertz CT molecular complexity index is 2110. The van der Waals surface area contributed by atoms with Gasteiger partial charge in [0.15, 0.2) is 18.3 Å². The molecule has 2 saturated heterocycles. The molecule has 15 heteroatoms. The number of fused-ring (bicyclic) bond motifs is 1. The van der Waals surface area contributed by atoms with E-state index in [-0.39, 0.29) is 16.7 Å². The van der Waals surface area contributed by atoms with Crippen molar-refractivity contribution in [3.63, 3.8) is 0 Å². The van der Waals surface area contributed by atoms with Crippen molar-refractivity contribution < 1.29 is 67.1 Å². The topological polar surface area (TPSA) is 198 Å². The maximum atomic E-state index is 14.1. The number of esters is 6. The monoisotopic (exact) mass is 799 g/mol. The van der Waals surface area contributed by atoms with Gasteiger partial charge >= 0.3 is 35.8 Å². The Hall–Kier alpha value is -5.41. The molecule has 0 amide bonds. The first-order valence-electron chi connectivity index (χ1n) is 19.2. The highest BCUT2D eigenvalue weighted by Crippen LogP contribution is 2.85. The fourth-order valence-corrected chi connectivity index (χ4v) is 13.0. The van der Waals surface area contributed by atoms with Gasteiger partial charge in [-0.15, -0.1) is 0 Å². The Morgan fingerprint density at radius 1 is 0.672 bits per heavy atom. The molecule has 58 heavy (non-hydrogen) atoms. The number of aldehydes is 1. The number of ether oxygens (including phenoxy) is 6. The van der Waals surface area contributed by atoms with E-state index in [2.05, 4.69) is 6.58 Å². The highest BCUT2D eigenvalue weighted by atomic mass is 16.6. The highest BCUT2D eigenvalue weighted by Gasteiger charge is 2.97. The van der Waals surface area contributed by atoms with E-state index in [9.17, 15) is 38.7 Å². The largest absolute Gasteiger partial charge is 0.461 e. The van der Waals surface area contributed by atoms with E-state index in [0.717, 1.165) is 13.8 Å². The van der Waals surface area contributed by atoms with Crippen molar-refractivity contribution in [1.29, 1.82) is 0 Å². The van der Waals surface area contributed by atoms with Gasteiger partial charge < -0.3 is 38.3 Å². The van der Waals surface area contributed by atoms with Gasteiger partial charge in [-0.05, 0) is 43.8 Å². The fraction of sp³-hybridized carbons (Fsp3) is 0.512. The molecule has 7 bridgehead atoms. The number of aliphatic hydroxyl groups excluding tert-OH is 1.